The minimum absolute atomic E-state index is 0.0335. The molecule has 11 heteroatoms. The molecule has 3 N–H and O–H groups in total. The third kappa shape index (κ3) is 6.12. The number of amides is 3. The predicted molar refractivity (Wildman–Crippen MR) is 107 cm³/mol. The van der Waals surface area contributed by atoms with Gasteiger partial charge in [0.05, 0.1) is 23.1 Å². The van der Waals surface area contributed by atoms with E-state index in [0.29, 0.717) is 6.07 Å². The number of rotatable bonds is 7. The summed E-state index contributed by atoms with van der Waals surface area (Å²) in [6.07, 6.45) is -0.398. The summed E-state index contributed by atoms with van der Waals surface area (Å²) in [5.41, 5.74) is 5.47. The Kier molecular flexibility index (Phi) is 7.48. The molecule has 0 saturated heterocycles. The highest BCUT2D eigenvalue weighted by atomic mass is 19.1. The Balaban J connectivity index is 2.20. The van der Waals surface area contributed by atoms with Gasteiger partial charge in [-0.3, -0.25) is 24.5 Å². The van der Waals surface area contributed by atoms with Gasteiger partial charge < -0.3 is 11.1 Å². The van der Waals surface area contributed by atoms with Gasteiger partial charge in [-0.2, -0.15) is 0 Å². The highest BCUT2D eigenvalue weighted by molar-refractivity contribution is 6.18. The smallest absolute Gasteiger partial charge is 0.269 e. The molecule has 2 aromatic carbocycles. The van der Waals surface area contributed by atoms with Crippen molar-refractivity contribution in [1.82, 2.24) is 5.32 Å². The Bertz CT molecular complexity index is 991. The first-order valence-electron chi connectivity index (χ1n) is 9.11. The van der Waals surface area contributed by atoms with Crippen LogP contribution in [0.3, 0.4) is 0 Å². The Morgan fingerprint density at radius 1 is 1.06 bits per heavy atom. The summed E-state index contributed by atoms with van der Waals surface area (Å²) in [5.74, 6) is -4.03. The van der Waals surface area contributed by atoms with E-state index in [1.807, 2.05) is 0 Å². The third-order valence-corrected chi connectivity index (χ3v) is 4.18. The van der Waals surface area contributed by atoms with Crippen molar-refractivity contribution in [3.63, 3.8) is 0 Å². The van der Waals surface area contributed by atoms with Crippen LogP contribution in [-0.4, -0.2) is 34.7 Å². The van der Waals surface area contributed by atoms with E-state index >= 15 is 0 Å². The van der Waals surface area contributed by atoms with Crippen molar-refractivity contribution in [3.8, 4) is 0 Å². The largest absolute Gasteiger partial charge is 0.344 e. The highest BCUT2D eigenvalue weighted by Gasteiger charge is 2.30. The number of anilines is 1. The summed E-state index contributed by atoms with van der Waals surface area (Å²) in [4.78, 5) is 48.5. The molecular weight excluding hydrogens is 414 g/mol. The van der Waals surface area contributed by atoms with Crippen molar-refractivity contribution in [2.24, 2.45) is 5.73 Å². The first-order chi connectivity index (χ1) is 14.5. The minimum Gasteiger partial charge on any atom is -0.344 e. The molecule has 9 nitrogen and oxygen atoms in total. The first-order valence-corrected chi connectivity index (χ1v) is 9.11. The molecule has 0 radical (unpaired) electrons. The number of imide groups is 1. The van der Waals surface area contributed by atoms with Crippen molar-refractivity contribution in [3.05, 3.63) is 69.8 Å². The van der Waals surface area contributed by atoms with E-state index in [1.54, 1.807) is 0 Å². The summed E-state index contributed by atoms with van der Waals surface area (Å²) in [6.45, 7) is 2.68. The number of nitrogens with one attached hydrogen (secondary N) is 1. The summed E-state index contributed by atoms with van der Waals surface area (Å²) in [5, 5.41) is 13.2. The van der Waals surface area contributed by atoms with E-state index in [4.69, 9.17) is 5.73 Å². The van der Waals surface area contributed by atoms with Gasteiger partial charge in [0.25, 0.3) is 11.6 Å². The molecule has 0 unspecified atom stereocenters. The van der Waals surface area contributed by atoms with Crippen LogP contribution >= 0.6 is 0 Å². The second kappa shape index (κ2) is 9.85. The van der Waals surface area contributed by atoms with Crippen molar-refractivity contribution < 1.29 is 28.1 Å². The van der Waals surface area contributed by atoms with Gasteiger partial charge in [-0.05, 0) is 43.7 Å². The van der Waals surface area contributed by atoms with Gasteiger partial charge in [0.2, 0.25) is 11.8 Å². The molecule has 0 saturated carbocycles. The number of hydrogen-bond donors (Lipinski definition) is 2. The van der Waals surface area contributed by atoms with Crippen LogP contribution in [0.1, 0.15) is 19.4 Å². The van der Waals surface area contributed by atoms with Gasteiger partial charge in [0.15, 0.2) is 0 Å². The number of nitrogens with zero attached hydrogens (tertiary/aromatic N) is 2. The fourth-order valence-corrected chi connectivity index (χ4v) is 2.74. The molecule has 2 rings (SSSR count). The second-order valence-electron chi connectivity index (χ2n) is 6.82. The van der Waals surface area contributed by atoms with Crippen LogP contribution in [0, 0.1) is 21.7 Å². The zero-order valence-electron chi connectivity index (χ0n) is 16.7. The molecule has 3 amide bonds. The fraction of sp³-hybridized carbons (Fsp3) is 0.250. The number of nitro groups is 1. The summed E-state index contributed by atoms with van der Waals surface area (Å²) in [7, 11) is 0. The van der Waals surface area contributed by atoms with Crippen LogP contribution < -0.4 is 16.0 Å². The lowest BCUT2D eigenvalue weighted by Crippen LogP contribution is -2.53. The standard InChI is InChI=1S/C20H20F2N4O5/c1-11(23)19(28)25(16-3-5-17(6-4-16)26(30)31)20(29)12(2)24-18(27)9-13-7-14(21)10-15(22)8-13/h3-8,10-12H,9,23H2,1-2H3,(H,24,27)/t11-,12-/m0/s1. The highest BCUT2D eigenvalue weighted by Crippen LogP contribution is 2.21. The van der Waals surface area contributed by atoms with Gasteiger partial charge in [-0.15, -0.1) is 0 Å². The number of nitrogens with two attached hydrogens (primary N) is 1. The molecule has 0 spiro atoms. The Labute approximate surface area is 176 Å². The molecule has 0 fully saturated rings. The first kappa shape index (κ1) is 23.5. The van der Waals surface area contributed by atoms with Crippen molar-refractivity contribution in [2.75, 3.05) is 4.90 Å². The predicted octanol–water partition coefficient (Wildman–Crippen LogP) is 1.83. The summed E-state index contributed by atoms with van der Waals surface area (Å²) < 4.78 is 26.6. The molecule has 0 aliphatic rings. The lowest BCUT2D eigenvalue weighted by molar-refractivity contribution is -0.384. The lowest BCUT2D eigenvalue weighted by Gasteiger charge is -2.26. The zero-order chi connectivity index (χ0) is 23.3. The van der Waals surface area contributed by atoms with Crippen LogP contribution in [0.5, 0.6) is 0 Å². The van der Waals surface area contributed by atoms with Gasteiger partial charge in [0.1, 0.15) is 17.7 Å². The molecule has 0 bridgehead atoms. The molecule has 2 atom stereocenters. The average Bonchev–Trinajstić information content (AvgIpc) is 2.67. The van der Waals surface area contributed by atoms with Gasteiger partial charge in [-0.25, -0.2) is 13.7 Å². The molecule has 2 aromatic rings. The SMILES string of the molecule is C[C@H](N)C(=O)N(C(=O)[C@H](C)NC(=O)Cc1cc(F)cc(F)c1)c1ccc([N+](=O)[O-])cc1. The Morgan fingerprint density at radius 2 is 1.61 bits per heavy atom. The molecule has 0 aliphatic carbocycles. The number of carbonyl (C=O) groups is 3. The maximum atomic E-state index is 13.3. The topological polar surface area (TPSA) is 136 Å². The Hall–Kier alpha value is -3.73. The number of halogens is 2. The zero-order valence-corrected chi connectivity index (χ0v) is 16.7. The third-order valence-electron chi connectivity index (χ3n) is 4.18. The van der Waals surface area contributed by atoms with E-state index in [-0.39, 0.29) is 16.9 Å². The van der Waals surface area contributed by atoms with Gasteiger partial charge in [0, 0.05) is 18.2 Å². The second-order valence-corrected chi connectivity index (χ2v) is 6.82. The maximum absolute atomic E-state index is 13.3. The van der Waals surface area contributed by atoms with E-state index in [1.165, 1.54) is 26.0 Å². The fourth-order valence-electron chi connectivity index (χ4n) is 2.74. The van der Waals surface area contributed by atoms with E-state index in [9.17, 15) is 33.3 Å². The van der Waals surface area contributed by atoms with Crippen LogP contribution in [0.2, 0.25) is 0 Å². The quantitative estimate of drug-likeness (QED) is 0.504. The average molecular weight is 434 g/mol. The minimum atomic E-state index is -1.20. The van der Waals surface area contributed by atoms with Gasteiger partial charge in [-0.1, -0.05) is 0 Å². The lowest BCUT2D eigenvalue weighted by atomic mass is 10.1. The molecule has 0 aromatic heterocycles. The molecule has 0 aliphatic heterocycles. The van der Waals surface area contributed by atoms with Crippen LogP contribution in [0.15, 0.2) is 42.5 Å². The number of benzene rings is 2. The van der Waals surface area contributed by atoms with E-state index in [0.717, 1.165) is 29.2 Å². The van der Waals surface area contributed by atoms with Crippen molar-refractivity contribution in [2.45, 2.75) is 32.4 Å². The maximum Gasteiger partial charge on any atom is 0.269 e. The molecule has 0 heterocycles. The molecule has 31 heavy (non-hydrogen) atoms. The molecule has 164 valence electrons. The van der Waals surface area contributed by atoms with E-state index in [2.05, 4.69) is 5.32 Å². The van der Waals surface area contributed by atoms with Gasteiger partial charge >= 0.3 is 0 Å². The molecular formula is C20H20F2N4O5. The summed E-state index contributed by atoms with van der Waals surface area (Å²) >= 11 is 0. The van der Waals surface area contributed by atoms with E-state index < -0.39 is 52.8 Å². The van der Waals surface area contributed by atoms with Crippen LogP contribution in [0.25, 0.3) is 0 Å². The normalized spacial score (nSPS) is 12.5. The number of carbonyl (C=O) groups excluding carboxylic acids is 3. The van der Waals surface area contributed by atoms with Crippen LogP contribution in [0.4, 0.5) is 20.2 Å². The summed E-state index contributed by atoms with van der Waals surface area (Å²) in [6, 6.07) is 5.00. The monoisotopic (exact) mass is 434 g/mol. The number of hydrogen-bond acceptors (Lipinski definition) is 6. The number of non-ortho nitro benzene ring substituents is 1. The van der Waals surface area contributed by atoms with Crippen molar-refractivity contribution in [1.29, 1.82) is 0 Å². The Morgan fingerprint density at radius 3 is 2.10 bits per heavy atom. The van der Waals surface area contributed by atoms with Crippen molar-refractivity contribution >= 4 is 29.1 Å². The van der Waals surface area contributed by atoms with Crippen LogP contribution in [-0.2, 0) is 20.8 Å². The number of nitro benzene ring substituents is 1.